The fourth-order valence-electron chi connectivity index (χ4n) is 2.09. The molecule has 2 N–H and O–H groups in total. The second kappa shape index (κ2) is 5.72. The molecule has 1 aromatic heterocycles. The summed E-state index contributed by atoms with van der Waals surface area (Å²) in [6, 6.07) is 5.34. The van der Waals surface area contributed by atoms with Crippen molar-refractivity contribution in [2.24, 2.45) is 0 Å². The van der Waals surface area contributed by atoms with Gasteiger partial charge in [0.05, 0.1) is 22.7 Å². The molecule has 0 aliphatic heterocycles. The maximum absolute atomic E-state index is 11.5. The minimum atomic E-state index is -0.715. The maximum atomic E-state index is 11.5. The molecule has 0 saturated heterocycles. The van der Waals surface area contributed by atoms with Crippen molar-refractivity contribution < 1.29 is 0 Å². The van der Waals surface area contributed by atoms with Crippen LogP contribution < -0.4 is 11.1 Å². The molecule has 20 heavy (non-hydrogen) atoms. The van der Waals surface area contributed by atoms with Crippen LogP contribution in [0.3, 0.4) is 0 Å². The van der Waals surface area contributed by atoms with Gasteiger partial charge in [0.1, 0.15) is 0 Å². The molecule has 1 aromatic carbocycles. The highest BCUT2D eigenvalue weighted by Crippen LogP contribution is 2.18. The van der Waals surface area contributed by atoms with E-state index < -0.39 is 11.1 Å². The number of nitrogens with zero attached hydrogens (tertiary/aromatic N) is 2. The molecule has 0 atom stereocenters. The quantitative estimate of drug-likeness (QED) is 0.814. The van der Waals surface area contributed by atoms with Crippen LogP contribution in [-0.2, 0) is 6.54 Å². The van der Waals surface area contributed by atoms with Gasteiger partial charge in [0, 0.05) is 13.1 Å². The highest BCUT2D eigenvalue weighted by Gasteiger charge is 2.10. The molecule has 0 spiro atoms. The number of nitrogens with one attached hydrogen (secondary N) is 2. The SMILES string of the molecule is C[CH]N(CC)Cc1cc(C#N)cc2[nH]c(=O)c(=O)[nH]c12. The van der Waals surface area contributed by atoms with Crippen LogP contribution >= 0.6 is 0 Å². The fraction of sp³-hybridized carbons (Fsp3) is 0.286. The monoisotopic (exact) mass is 271 g/mol. The molecule has 1 heterocycles. The number of H-pyrrole nitrogens is 2. The Morgan fingerprint density at radius 1 is 1.30 bits per heavy atom. The Hall–Kier alpha value is -2.39. The van der Waals surface area contributed by atoms with Gasteiger partial charge in [-0.25, -0.2) is 0 Å². The van der Waals surface area contributed by atoms with Crippen LogP contribution in [0.2, 0.25) is 0 Å². The van der Waals surface area contributed by atoms with E-state index in [1.165, 1.54) is 0 Å². The van der Waals surface area contributed by atoms with Gasteiger partial charge in [-0.1, -0.05) is 6.92 Å². The van der Waals surface area contributed by atoms with Crippen molar-refractivity contribution in [2.45, 2.75) is 20.4 Å². The van der Waals surface area contributed by atoms with Crippen molar-refractivity contribution >= 4 is 11.0 Å². The summed E-state index contributed by atoms with van der Waals surface area (Å²) in [5.74, 6) is 0. The van der Waals surface area contributed by atoms with Crippen molar-refractivity contribution in [1.29, 1.82) is 5.26 Å². The summed E-state index contributed by atoms with van der Waals surface area (Å²) in [5.41, 5.74) is 0.874. The molecule has 2 aromatic rings. The molecule has 0 amide bonds. The van der Waals surface area contributed by atoms with Crippen molar-refractivity contribution in [1.82, 2.24) is 14.9 Å². The van der Waals surface area contributed by atoms with E-state index in [4.69, 9.17) is 5.26 Å². The smallest absolute Gasteiger partial charge is 0.314 e. The molecule has 0 aliphatic rings. The molecule has 0 saturated carbocycles. The van der Waals surface area contributed by atoms with Crippen LogP contribution in [0.4, 0.5) is 0 Å². The molecular weight excluding hydrogens is 256 g/mol. The average Bonchev–Trinajstić information content (AvgIpc) is 2.45. The zero-order valence-electron chi connectivity index (χ0n) is 11.4. The van der Waals surface area contributed by atoms with E-state index in [1.807, 2.05) is 25.3 Å². The normalized spacial score (nSPS) is 10.9. The lowest BCUT2D eigenvalue weighted by molar-refractivity contribution is 0.349. The van der Waals surface area contributed by atoms with Crippen LogP contribution in [-0.4, -0.2) is 21.4 Å². The Labute approximate surface area is 115 Å². The van der Waals surface area contributed by atoms with Gasteiger partial charge in [-0.3, -0.25) is 14.5 Å². The van der Waals surface area contributed by atoms with Gasteiger partial charge in [0.2, 0.25) is 0 Å². The molecule has 2 rings (SSSR count). The Morgan fingerprint density at radius 2 is 2.00 bits per heavy atom. The third-order valence-corrected chi connectivity index (χ3v) is 3.19. The zero-order valence-corrected chi connectivity index (χ0v) is 11.4. The summed E-state index contributed by atoms with van der Waals surface area (Å²) < 4.78 is 0. The predicted octanol–water partition coefficient (Wildman–Crippen LogP) is 1.09. The zero-order chi connectivity index (χ0) is 14.7. The van der Waals surface area contributed by atoms with Crippen molar-refractivity contribution in [3.63, 3.8) is 0 Å². The van der Waals surface area contributed by atoms with Gasteiger partial charge >= 0.3 is 11.1 Å². The van der Waals surface area contributed by atoms with Crippen LogP contribution in [0.1, 0.15) is 25.0 Å². The average molecular weight is 271 g/mol. The summed E-state index contributed by atoms with van der Waals surface area (Å²) in [5, 5.41) is 9.06. The Kier molecular flexibility index (Phi) is 4.01. The van der Waals surface area contributed by atoms with E-state index >= 15 is 0 Å². The number of hydrogen-bond donors (Lipinski definition) is 2. The number of fused-ring (bicyclic) bond motifs is 1. The first kappa shape index (κ1) is 14.0. The van der Waals surface area contributed by atoms with Gasteiger partial charge < -0.3 is 9.97 Å². The molecule has 6 heteroatoms. The third-order valence-electron chi connectivity index (χ3n) is 3.19. The van der Waals surface area contributed by atoms with Crippen LogP contribution in [0.15, 0.2) is 21.7 Å². The first-order chi connectivity index (χ1) is 9.58. The molecule has 6 nitrogen and oxygen atoms in total. The van der Waals surface area contributed by atoms with Crippen molar-refractivity contribution in [3.8, 4) is 6.07 Å². The maximum Gasteiger partial charge on any atom is 0.314 e. The Bertz CT molecular complexity index is 778. The van der Waals surface area contributed by atoms with Crippen molar-refractivity contribution in [2.75, 3.05) is 6.54 Å². The first-order valence-electron chi connectivity index (χ1n) is 6.32. The minimum absolute atomic E-state index is 0.447. The van der Waals surface area contributed by atoms with Gasteiger partial charge in [0.25, 0.3) is 0 Å². The van der Waals surface area contributed by atoms with Gasteiger partial charge in [-0.2, -0.15) is 5.26 Å². The Morgan fingerprint density at radius 3 is 2.60 bits per heavy atom. The lowest BCUT2D eigenvalue weighted by atomic mass is 10.1. The molecular formula is C14H15N4O2. The largest absolute Gasteiger partial charge is 0.316 e. The van der Waals surface area contributed by atoms with E-state index in [2.05, 4.69) is 16.0 Å². The second-order valence-corrected chi connectivity index (χ2v) is 4.40. The predicted molar refractivity (Wildman–Crippen MR) is 76.0 cm³/mol. The summed E-state index contributed by atoms with van der Waals surface area (Å²) in [6.07, 6.45) is 0. The summed E-state index contributed by atoms with van der Waals surface area (Å²) >= 11 is 0. The number of nitriles is 1. The molecule has 103 valence electrons. The van der Waals surface area contributed by atoms with Crippen LogP contribution in [0.5, 0.6) is 0 Å². The van der Waals surface area contributed by atoms with Crippen LogP contribution in [0, 0.1) is 17.9 Å². The summed E-state index contributed by atoms with van der Waals surface area (Å²) in [7, 11) is 0. The van der Waals surface area contributed by atoms with Crippen LogP contribution in [0.25, 0.3) is 11.0 Å². The molecule has 0 fully saturated rings. The van der Waals surface area contributed by atoms with Gasteiger partial charge in [0.15, 0.2) is 0 Å². The lowest BCUT2D eigenvalue weighted by Gasteiger charge is -2.18. The fourth-order valence-corrected chi connectivity index (χ4v) is 2.09. The summed E-state index contributed by atoms with van der Waals surface area (Å²) in [4.78, 5) is 30.0. The summed E-state index contributed by atoms with van der Waals surface area (Å²) in [6.45, 7) is 7.24. The van der Waals surface area contributed by atoms with Gasteiger partial charge in [-0.05, 0) is 31.2 Å². The van der Waals surface area contributed by atoms with Gasteiger partial charge in [-0.15, -0.1) is 0 Å². The molecule has 0 bridgehead atoms. The standard InChI is InChI=1S/C14H15N4O2/c1-3-18(4-2)8-10-5-9(7-15)6-11-12(10)17-14(20)13(19)16-11/h3,5-6H,4,8H2,1-2H3,(H,16,19)(H,17,20). The molecule has 0 unspecified atom stereocenters. The lowest BCUT2D eigenvalue weighted by Crippen LogP contribution is -2.29. The van der Waals surface area contributed by atoms with E-state index in [9.17, 15) is 9.59 Å². The second-order valence-electron chi connectivity index (χ2n) is 4.40. The number of aromatic nitrogens is 2. The van der Waals surface area contributed by atoms with Crippen molar-refractivity contribution in [3.05, 3.63) is 50.5 Å². The molecule has 0 aliphatic carbocycles. The number of hydrogen-bond acceptors (Lipinski definition) is 4. The third kappa shape index (κ3) is 2.63. The number of benzene rings is 1. The van der Waals surface area contributed by atoms with E-state index in [-0.39, 0.29) is 0 Å². The minimum Gasteiger partial charge on any atom is -0.316 e. The van der Waals surface area contributed by atoms with E-state index in [0.29, 0.717) is 23.1 Å². The highest BCUT2D eigenvalue weighted by atomic mass is 16.2. The Balaban J connectivity index is 2.68. The first-order valence-corrected chi connectivity index (χ1v) is 6.32. The number of rotatable bonds is 4. The topological polar surface area (TPSA) is 92.8 Å². The van der Waals surface area contributed by atoms with E-state index in [0.717, 1.165) is 12.1 Å². The highest BCUT2D eigenvalue weighted by molar-refractivity contribution is 5.79. The molecule has 1 radical (unpaired) electrons. The van der Waals surface area contributed by atoms with E-state index in [1.54, 1.807) is 12.1 Å². The number of aromatic amines is 2.